The van der Waals surface area contributed by atoms with Crippen LogP contribution in [0.5, 0.6) is 0 Å². The number of nitro groups is 1. The minimum Gasteiger partial charge on any atom is -0.383 e. The molecule has 2 amide bonds. The van der Waals surface area contributed by atoms with E-state index < -0.39 is 16.7 Å². The highest BCUT2D eigenvalue weighted by Gasteiger charge is 2.15. The average molecular weight is 369 g/mol. The summed E-state index contributed by atoms with van der Waals surface area (Å²) >= 11 is 0. The largest absolute Gasteiger partial charge is 0.383 e. The first-order valence-electron chi connectivity index (χ1n) is 8.11. The van der Waals surface area contributed by atoms with E-state index in [1.807, 2.05) is 0 Å². The van der Waals surface area contributed by atoms with E-state index in [1.54, 1.807) is 36.4 Å². The highest BCUT2D eigenvalue weighted by molar-refractivity contribution is 6.05. The van der Waals surface area contributed by atoms with E-state index in [0.29, 0.717) is 17.7 Å². The predicted molar refractivity (Wildman–Crippen MR) is 99.9 cm³/mol. The van der Waals surface area contributed by atoms with Crippen molar-refractivity contribution >= 4 is 23.6 Å². The molecule has 2 N–H and O–H groups in total. The van der Waals surface area contributed by atoms with E-state index in [9.17, 15) is 19.7 Å². The van der Waals surface area contributed by atoms with Crippen LogP contribution in [0.4, 0.5) is 5.69 Å². The number of carbonyl (C=O) groups excluding carboxylic acids is 2. The van der Waals surface area contributed by atoms with Crippen molar-refractivity contribution in [3.8, 4) is 0 Å². The van der Waals surface area contributed by atoms with Gasteiger partial charge in [-0.1, -0.05) is 30.3 Å². The standard InChI is InChI=1S/C19H19N3O5/c1-27-11-10-20-19(24)17(21-18(23)15-7-3-2-4-8-15)13-14-6-5-9-16(12-14)22(25)26/h2-9,12-13H,10-11H2,1H3,(H,20,24)(H,21,23)/b17-13+. The first kappa shape index (κ1) is 19.8. The van der Waals surface area contributed by atoms with Gasteiger partial charge in [0.25, 0.3) is 17.5 Å². The molecule has 0 aliphatic rings. The molecule has 8 nitrogen and oxygen atoms in total. The molecule has 0 spiro atoms. The Hall–Kier alpha value is -3.52. The van der Waals surface area contributed by atoms with Crippen molar-refractivity contribution in [1.82, 2.24) is 10.6 Å². The van der Waals surface area contributed by atoms with Gasteiger partial charge in [-0.3, -0.25) is 19.7 Å². The molecule has 0 heterocycles. The second-order valence-electron chi connectivity index (χ2n) is 5.48. The summed E-state index contributed by atoms with van der Waals surface area (Å²) in [6.07, 6.45) is 1.38. The molecule has 140 valence electrons. The Labute approximate surface area is 156 Å². The number of hydrogen-bond acceptors (Lipinski definition) is 5. The van der Waals surface area contributed by atoms with Crippen LogP contribution in [0.2, 0.25) is 0 Å². The van der Waals surface area contributed by atoms with E-state index in [-0.39, 0.29) is 17.9 Å². The van der Waals surface area contributed by atoms with E-state index >= 15 is 0 Å². The summed E-state index contributed by atoms with van der Waals surface area (Å²) in [6.45, 7) is 0.561. The van der Waals surface area contributed by atoms with Crippen LogP contribution in [0.25, 0.3) is 6.08 Å². The quantitative estimate of drug-likeness (QED) is 0.320. The highest BCUT2D eigenvalue weighted by atomic mass is 16.6. The molecule has 8 heteroatoms. The molecule has 0 saturated carbocycles. The lowest BCUT2D eigenvalue weighted by atomic mass is 10.1. The molecule has 0 aliphatic carbocycles. The van der Waals surface area contributed by atoms with E-state index in [1.165, 1.54) is 31.4 Å². The second-order valence-corrected chi connectivity index (χ2v) is 5.48. The van der Waals surface area contributed by atoms with Crippen LogP contribution in [-0.2, 0) is 9.53 Å². The molecule has 2 aromatic rings. The van der Waals surface area contributed by atoms with Crippen molar-refractivity contribution in [3.05, 3.63) is 81.5 Å². The summed E-state index contributed by atoms with van der Waals surface area (Å²) in [4.78, 5) is 35.2. The molecular weight excluding hydrogens is 350 g/mol. The Morgan fingerprint density at radius 2 is 1.89 bits per heavy atom. The number of benzene rings is 2. The number of amides is 2. The molecule has 27 heavy (non-hydrogen) atoms. The van der Waals surface area contributed by atoms with Gasteiger partial charge >= 0.3 is 0 Å². The lowest BCUT2D eigenvalue weighted by Crippen LogP contribution is -2.36. The SMILES string of the molecule is COCCNC(=O)/C(=C\c1cccc([N+](=O)[O-])c1)NC(=O)c1ccccc1. The van der Waals surface area contributed by atoms with Gasteiger partial charge in [0, 0.05) is 31.4 Å². The number of methoxy groups -OCH3 is 1. The molecule has 0 radical (unpaired) electrons. The fourth-order valence-electron chi connectivity index (χ4n) is 2.20. The third-order valence-corrected chi connectivity index (χ3v) is 3.51. The minimum atomic E-state index is -0.530. The van der Waals surface area contributed by atoms with E-state index in [0.717, 1.165) is 0 Å². The number of carbonyl (C=O) groups is 2. The van der Waals surface area contributed by atoms with Gasteiger partial charge in [0.15, 0.2) is 0 Å². The van der Waals surface area contributed by atoms with Crippen LogP contribution < -0.4 is 10.6 Å². The van der Waals surface area contributed by atoms with Gasteiger partial charge < -0.3 is 15.4 Å². The lowest BCUT2D eigenvalue weighted by molar-refractivity contribution is -0.384. The summed E-state index contributed by atoms with van der Waals surface area (Å²) in [5.74, 6) is -0.989. The zero-order valence-corrected chi connectivity index (χ0v) is 14.7. The molecule has 2 aromatic carbocycles. The van der Waals surface area contributed by atoms with Crippen molar-refractivity contribution in [2.45, 2.75) is 0 Å². The normalized spacial score (nSPS) is 10.9. The van der Waals surface area contributed by atoms with Crippen molar-refractivity contribution in [2.24, 2.45) is 0 Å². The van der Waals surface area contributed by atoms with Crippen molar-refractivity contribution in [2.75, 3.05) is 20.3 Å². The Morgan fingerprint density at radius 1 is 1.15 bits per heavy atom. The smallest absolute Gasteiger partial charge is 0.270 e. The Balaban J connectivity index is 2.28. The fourth-order valence-corrected chi connectivity index (χ4v) is 2.20. The van der Waals surface area contributed by atoms with Crippen LogP contribution in [-0.4, -0.2) is 37.0 Å². The monoisotopic (exact) mass is 369 g/mol. The van der Waals surface area contributed by atoms with Crippen LogP contribution in [0.15, 0.2) is 60.3 Å². The summed E-state index contributed by atoms with van der Waals surface area (Å²) < 4.78 is 4.89. The molecule has 0 bridgehead atoms. The maximum Gasteiger partial charge on any atom is 0.270 e. The maximum absolute atomic E-state index is 12.4. The predicted octanol–water partition coefficient (Wildman–Crippen LogP) is 2.13. The van der Waals surface area contributed by atoms with Crippen molar-refractivity contribution in [1.29, 1.82) is 0 Å². The molecular formula is C19H19N3O5. The maximum atomic E-state index is 12.4. The Morgan fingerprint density at radius 3 is 2.56 bits per heavy atom. The Bertz CT molecular complexity index is 849. The average Bonchev–Trinajstić information content (AvgIpc) is 2.68. The molecule has 0 fully saturated rings. The van der Waals surface area contributed by atoms with Crippen LogP contribution in [0, 0.1) is 10.1 Å². The van der Waals surface area contributed by atoms with Crippen LogP contribution >= 0.6 is 0 Å². The van der Waals surface area contributed by atoms with Gasteiger partial charge in [-0.15, -0.1) is 0 Å². The second kappa shape index (κ2) is 9.83. The number of nitrogens with zero attached hydrogens (tertiary/aromatic N) is 1. The minimum absolute atomic E-state index is 0.0274. The summed E-state index contributed by atoms with van der Waals surface area (Å²) in [5.41, 5.74) is 0.652. The third kappa shape index (κ3) is 6.05. The molecule has 0 aromatic heterocycles. The number of rotatable bonds is 8. The zero-order valence-electron chi connectivity index (χ0n) is 14.7. The highest BCUT2D eigenvalue weighted by Crippen LogP contribution is 2.15. The van der Waals surface area contributed by atoms with Crippen LogP contribution in [0.3, 0.4) is 0 Å². The van der Waals surface area contributed by atoms with Crippen LogP contribution in [0.1, 0.15) is 15.9 Å². The van der Waals surface area contributed by atoms with Crippen molar-refractivity contribution in [3.63, 3.8) is 0 Å². The molecule has 0 unspecified atom stereocenters. The van der Waals surface area contributed by atoms with Gasteiger partial charge in [-0.25, -0.2) is 0 Å². The number of non-ortho nitro benzene ring substituents is 1. The van der Waals surface area contributed by atoms with E-state index in [2.05, 4.69) is 10.6 Å². The summed E-state index contributed by atoms with van der Waals surface area (Å²) in [7, 11) is 1.50. The molecule has 2 rings (SSSR count). The molecule has 0 saturated heterocycles. The van der Waals surface area contributed by atoms with Gasteiger partial charge in [-0.2, -0.15) is 0 Å². The fraction of sp³-hybridized carbons (Fsp3) is 0.158. The molecule has 0 atom stereocenters. The Kier molecular flexibility index (Phi) is 7.21. The van der Waals surface area contributed by atoms with Gasteiger partial charge in [-0.05, 0) is 23.8 Å². The van der Waals surface area contributed by atoms with Gasteiger partial charge in [0.05, 0.1) is 11.5 Å². The summed E-state index contributed by atoms with van der Waals surface area (Å²) in [6, 6.07) is 14.2. The van der Waals surface area contributed by atoms with Crippen molar-refractivity contribution < 1.29 is 19.2 Å². The number of ether oxygens (including phenoxy) is 1. The third-order valence-electron chi connectivity index (χ3n) is 3.51. The number of nitrogens with one attached hydrogen (secondary N) is 2. The topological polar surface area (TPSA) is 111 Å². The first-order chi connectivity index (χ1) is 13.0. The lowest BCUT2D eigenvalue weighted by Gasteiger charge is -2.11. The van der Waals surface area contributed by atoms with Gasteiger partial charge in [0.1, 0.15) is 5.70 Å². The molecule has 0 aliphatic heterocycles. The van der Waals surface area contributed by atoms with Gasteiger partial charge in [0.2, 0.25) is 0 Å². The first-order valence-corrected chi connectivity index (χ1v) is 8.11. The van der Waals surface area contributed by atoms with E-state index in [4.69, 9.17) is 4.74 Å². The summed E-state index contributed by atoms with van der Waals surface area (Å²) in [5, 5.41) is 16.1. The number of nitro benzene ring substituents is 1. The zero-order chi connectivity index (χ0) is 19.6. The number of hydrogen-bond donors (Lipinski definition) is 2.